The fraction of sp³-hybridized carbons (Fsp3) is 0.318. The van der Waals surface area contributed by atoms with Crippen LogP contribution in [-0.2, 0) is 22.6 Å². The van der Waals surface area contributed by atoms with Crippen LogP contribution in [0.5, 0.6) is 0 Å². The molecule has 0 atom stereocenters. The van der Waals surface area contributed by atoms with E-state index in [2.05, 4.69) is 5.32 Å². The highest BCUT2D eigenvalue weighted by Gasteiger charge is 2.17. The van der Waals surface area contributed by atoms with Gasteiger partial charge in [0.05, 0.1) is 11.0 Å². The highest BCUT2D eigenvalue weighted by molar-refractivity contribution is 5.93. The lowest BCUT2D eigenvalue weighted by Gasteiger charge is -2.18. The van der Waals surface area contributed by atoms with Crippen LogP contribution in [0.1, 0.15) is 25.6 Å². The number of hydrogen-bond acceptors (Lipinski definition) is 3. The van der Waals surface area contributed by atoms with Crippen LogP contribution in [0.2, 0.25) is 0 Å². The summed E-state index contributed by atoms with van der Waals surface area (Å²) in [6, 6.07) is 17.5. The van der Waals surface area contributed by atoms with Crippen molar-refractivity contribution in [1.82, 2.24) is 14.9 Å². The number of para-hydroxylation sites is 3. The topological polar surface area (TPSA) is 67.2 Å². The second-order valence-electron chi connectivity index (χ2n) is 6.70. The average Bonchev–Trinajstić information content (AvgIpc) is 3.08. The second-order valence-corrected chi connectivity index (χ2v) is 6.70. The molecule has 0 aliphatic heterocycles. The zero-order valence-corrected chi connectivity index (χ0v) is 16.4. The molecular formula is C22H26N4O2. The van der Waals surface area contributed by atoms with Crippen LogP contribution in [0.25, 0.3) is 11.0 Å². The van der Waals surface area contributed by atoms with Gasteiger partial charge in [0.15, 0.2) is 0 Å². The van der Waals surface area contributed by atoms with Gasteiger partial charge in [-0.05, 0) is 30.7 Å². The normalized spacial score (nSPS) is 10.8. The monoisotopic (exact) mass is 378 g/mol. The standard InChI is InChI=1S/C22H26N4O2/c1-3-21(27)23-15-9-14-20-24-18-12-7-8-13-19(18)26(20)16-22(28)25(2)17-10-5-4-6-11-17/h4-8,10-13H,3,9,14-16H2,1-2H3,(H,23,27). The van der Waals surface area contributed by atoms with E-state index in [1.807, 2.05) is 66.1 Å². The maximum atomic E-state index is 12.9. The van der Waals surface area contributed by atoms with Crippen LogP contribution < -0.4 is 10.2 Å². The van der Waals surface area contributed by atoms with Crippen LogP contribution in [0.3, 0.4) is 0 Å². The molecule has 0 fully saturated rings. The van der Waals surface area contributed by atoms with Crippen LogP contribution >= 0.6 is 0 Å². The number of rotatable bonds is 8. The number of carbonyl (C=O) groups excluding carboxylic acids is 2. The van der Waals surface area contributed by atoms with Crippen LogP contribution in [0.4, 0.5) is 5.69 Å². The number of imidazole rings is 1. The van der Waals surface area contributed by atoms with E-state index >= 15 is 0 Å². The number of carbonyl (C=O) groups is 2. The molecule has 6 nitrogen and oxygen atoms in total. The molecule has 1 aromatic heterocycles. The van der Waals surface area contributed by atoms with E-state index in [9.17, 15) is 9.59 Å². The fourth-order valence-corrected chi connectivity index (χ4v) is 3.13. The number of aromatic nitrogens is 2. The first kappa shape index (κ1) is 19.6. The Balaban J connectivity index is 1.77. The molecule has 6 heteroatoms. The Kier molecular flexibility index (Phi) is 6.42. The molecule has 1 heterocycles. The summed E-state index contributed by atoms with van der Waals surface area (Å²) >= 11 is 0. The molecule has 0 saturated carbocycles. The van der Waals surface area contributed by atoms with E-state index < -0.39 is 0 Å². The van der Waals surface area contributed by atoms with Gasteiger partial charge in [0.25, 0.3) is 0 Å². The van der Waals surface area contributed by atoms with Gasteiger partial charge >= 0.3 is 0 Å². The molecule has 0 aliphatic carbocycles. The molecular weight excluding hydrogens is 352 g/mol. The van der Waals surface area contributed by atoms with E-state index in [1.54, 1.807) is 11.9 Å². The number of aryl methyl sites for hydroxylation is 1. The summed E-state index contributed by atoms with van der Waals surface area (Å²) in [5, 5.41) is 2.89. The van der Waals surface area contributed by atoms with Gasteiger partial charge in [-0.25, -0.2) is 4.98 Å². The molecule has 28 heavy (non-hydrogen) atoms. The van der Waals surface area contributed by atoms with Gasteiger partial charge in [0.2, 0.25) is 11.8 Å². The molecule has 2 amide bonds. The first-order valence-electron chi connectivity index (χ1n) is 9.62. The van der Waals surface area contributed by atoms with Crippen molar-refractivity contribution in [1.29, 1.82) is 0 Å². The molecule has 0 bridgehead atoms. The number of fused-ring (bicyclic) bond motifs is 1. The van der Waals surface area contributed by atoms with Crippen molar-refractivity contribution in [3.05, 3.63) is 60.4 Å². The number of nitrogens with one attached hydrogen (secondary N) is 1. The highest BCUT2D eigenvalue weighted by atomic mass is 16.2. The maximum absolute atomic E-state index is 12.9. The lowest BCUT2D eigenvalue weighted by atomic mass is 10.2. The van der Waals surface area contributed by atoms with Crippen molar-refractivity contribution in [2.75, 3.05) is 18.5 Å². The lowest BCUT2D eigenvalue weighted by Crippen LogP contribution is -2.30. The summed E-state index contributed by atoms with van der Waals surface area (Å²) in [4.78, 5) is 30.7. The van der Waals surface area contributed by atoms with Gasteiger partial charge in [0, 0.05) is 32.1 Å². The van der Waals surface area contributed by atoms with Crippen molar-refractivity contribution in [2.24, 2.45) is 0 Å². The Morgan fingerprint density at radius 1 is 1.07 bits per heavy atom. The first-order valence-corrected chi connectivity index (χ1v) is 9.62. The molecule has 0 saturated heterocycles. The SMILES string of the molecule is CCC(=O)NCCCc1nc2ccccc2n1CC(=O)N(C)c1ccccc1. The highest BCUT2D eigenvalue weighted by Crippen LogP contribution is 2.19. The molecule has 2 aromatic carbocycles. The lowest BCUT2D eigenvalue weighted by molar-refractivity contribution is -0.121. The summed E-state index contributed by atoms with van der Waals surface area (Å²) in [5.74, 6) is 0.907. The molecule has 0 radical (unpaired) electrons. The zero-order valence-electron chi connectivity index (χ0n) is 16.4. The van der Waals surface area contributed by atoms with E-state index in [-0.39, 0.29) is 18.4 Å². The van der Waals surface area contributed by atoms with Crippen molar-refractivity contribution >= 4 is 28.5 Å². The number of nitrogens with zero attached hydrogens (tertiary/aromatic N) is 3. The number of anilines is 1. The molecule has 0 aliphatic rings. The Morgan fingerprint density at radius 2 is 1.79 bits per heavy atom. The van der Waals surface area contributed by atoms with Crippen molar-refractivity contribution in [3.8, 4) is 0 Å². The predicted molar refractivity (Wildman–Crippen MR) is 111 cm³/mol. The maximum Gasteiger partial charge on any atom is 0.246 e. The Labute approximate surface area is 165 Å². The smallest absolute Gasteiger partial charge is 0.246 e. The van der Waals surface area contributed by atoms with Gasteiger partial charge in [-0.3, -0.25) is 9.59 Å². The van der Waals surface area contributed by atoms with Gasteiger partial charge < -0.3 is 14.8 Å². The van der Waals surface area contributed by atoms with Crippen LogP contribution in [0.15, 0.2) is 54.6 Å². The minimum atomic E-state index is -0.00473. The first-order chi connectivity index (χ1) is 13.6. The Hall–Kier alpha value is -3.15. The molecule has 3 rings (SSSR count). The van der Waals surface area contributed by atoms with Crippen molar-refractivity contribution in [3.63, 3.8) is 0 Å². The largest absolute Gasteiger partial charge is 0.356 e. The number of likely N-dealkylation sites (N-methyl/N-ethyl adjacent to an activating group) is 1. The summed E-state index contributed by atoms with van der Waals surface area (Å²) in [6.07, 6.45) is 1.96. The van der Waals surface area contributed by atoms with E-state index in [4.69, 9.17) is 4.98 Å². The number of benzene rings is 2. The molecule has 0 spiro atoms. The average molecular weight is 378 g/mol. The van der Waals surface area contributed by atoms with Gasteiger partial charge in [-0.2, -0.15) is 0 Å². The Bertz CT molecular complexity index is 950. The summed E-state index contributed by atoms with van der Waals surface area (Å²) in [6.45, 7) is 2.67. The molecule has 3 aromatic rings. The predicted octanol–water partition coefficient (Wildman–Crippen LogP) is 3.16. The molecule has 146 valence electrons. The van der Waals surface area contributed by atoms with Crippen molar-refractivity contribution in [2.45, 2.75) is 32.7 Å². The zero-order chi connectivity index (χ0) is 19.9. The molecule has 1 N–H and O–H groups in total. The summed E-state index contributed by atoms with van der Waals surface area (Å²) in [7, 11) is 1.79. The van der Waals surface area contributed by atoms with E-state index in [0.717, 1.165) is 29.0 Å². The minimum absolute atomic E-state index is 0.00473. The van der Waals surface area contributed by atoms with Gasteiger partial charge in [0.1, 0.15) is 12.4 Å². The second kappa shape index (κ2) is 9.17. The number of amides is 2. The summed E-state index contributed by atoms with van der Waals surface area (Å²) < 4.78 is 1.98. The minimum Gasteiger partial charge on any atom is -0.356 e. The van der Waals surface area contributed by atoms with E-state index in [0.29, 0.717) is 19.4 Å². The van der Waals surface area contributed by atoms with E-state index in [1.165, 1.54) is 0 Å². The fourth-order valence-electron chi connectivity index (χ4n) is 3.13. The Morgan fingerprint density at radius 3 is 2.54 bits per heavy atom. The number of hydrogen-bond donors (Lipinski definition) is 1. The van der Waals surface area contributed by atoms with Crippen LogP contribution in [-0.4, -0.2) is 35.0 Å². The third kappa shape index (κ3) is 4.57. The third-order valence-corrected chi connectivity index (χ3v) is 4.77. The van der Waals surface area contributed by atoms with Gasteiger partial charge in [-0.15, -0.1) is 0 Å². The van der Waals surface area contributed by atoms with Gasteiger partial charge in [-0.1, -0.05) is 37.3 Å². The van der Waals surface area contributed by atoms with Crippen LogP contribution in [0, 0.1) is 0 Å². The molecule has 0 unspecified atom stereocenters. The summed E-state index contributed by atoms with van der Waals surface area (Å²) in [5.41, 5.74) is 2.69. The third-order valence-electron chi connectivity index (χ3n) is 4.77. The quantitative estimate of drug-likeness (QED) is 0.612. The van der Waals surface area contributed by atoms with Crippen molar-refractivity contribution < 1.29 is 9.59 Å².